The Morgan fingerprint density at radius 3 is 2.37 bits per heavy atom. The number of urea groups is 1. The first kappa shape index (κ1) is 15.8. The highest BCUT2D eigenvalue weighted by Gasteiger charge is 2.27. The van der Waals surface area contributed by atoms with E-state index in [1.54, 1.807) is 13.8 Å². The van der Waals surface area contributed by atoms with Crippen LogP contribution in [0.1, 0.15) is 52.4 Å². The molecule has 0 bridgehead atoms. The molecule has 0 aromatic rings. The van der Waals surface area contributed by atoms with Crippen LogP contribution < -0.4 is 10.6 Å². The highest BCUT2D eigenvalue weighted by molar-refractivity contribution is 5.77. The zero-order chi connectivity index (χ0) is 14.3. The van der Waals surface area contributed by atoms with Gasteiger partial charge in [-0.1, -0.05) is 32.1 Å². The fourth-order valence-corrected chi connectivity index (χ4v) is 2.31. The van der Waals surface area contributed by atoms with Gasteiger partial charge >= 0.3 is 12.0 Å². The monoisotopic (exact) mass is 270 g/mol. The molecule has 0 spiro atoms. The summed E-state index contributed by atoms with van der Waals surface area (Å²) in [5.41, 5.74) is -0.930. The van der Waals surface area contributed by atoms with Crippen LogP contribution in [0.25, 0.3) is 0 Å². The van der Waals surface area contributed by atoms with Crippen LogP contribution in [0.2, 0.25) is 0 Å². The molecule has 1 saturated carbocycles. The summed E-state index contributed by atoms with van der Waals surface area (Å²) in [6, 6.07) is -0.273. The van der Waals surface area contributed by atoms with Gasteiger partial charge in [0.1, 0.15) is 0 Å². The van der Waals surface area contributed by atoms with Crippen LogP contribution in [0.3, 0.4) is 0 Å². The third-order valence-corrected chi connectivity index (χ3v) is 3.83. The molecule has 0 saturated heterocycles. The van der Waals surface area contributed by atoms with Crippen molar-refractivity contribution in [1.82, 2.24) is 10.6 Å². The number of carboxylic acids is 1. The fourth-order valence-electron chi connectivity index (χ4n) is 2.31. The molecule has 1 aliphatic rings. The summed E-state index contributed by atoms with van der Waals surface area (Å²) in [4.78, 5) is 22.4. The molecule has 1 aliphatic carbocycles. The van der Waals surface area contributed by atoms with Gasteiger partial charge in [-0.05, 0) is 26.2 Å². The van der Waals surface area contributed by atoms with Gasteiger partial charge in [-0.2, -0.15) is 0 Å². The molecule has 5 heteroatoms. The van der Waals surface area contributed by atoms with E-state index in [4.69, 9.17) is 5.11 Å². The summed E-state index contributed by atoms with van der Waals surface area (Å²) in [6.45, 7) is 4.00. The van der Waals surface area contributed by atoms with Crippen molar-refractivity contribution in [3.05, 3.63) is 0 Å². The van der Waals surface area contributed by atoms with Crippen molar-refractivity contribution in [2.45, 2.75) is 52.4 Å². The Kier molecular flexibility index (Phi) is 6.12. The lowest BCUT2D eigenvalue weighted by atomic mass is 9.87. The Morgan fingerprint density at radius 1 is 1.16 bits per heavy atom. The van der Waals surface area contributed by atoms with Crippen LogP contribution in [0, 0.1) is 11.3 Å². The molecule has 1 fully saturated rings. The molecule has 2 amide bonds. The van der Waals surface area contributed by atoms with Crippen molar-refractivity contribution in [3.8, 4) is 0 Å². The zero-order valence-corrected chi connectivity index (χ0v) is 12.0. The molecule has 0 heterocycles. The Hall–Kier alpha value is -1.26. The Bertz CT molecular complexity index is 310. The van der Waals surface area contributed by atoms with Gasteiger partial charge in [0.05, 0.1) is 5.41 Å². The number of amides is 2. The first-order valence-corrected chi connectivity index (χ1v) is 7.17. The number of rotatable bonds is 6. The summed E-state index contributed by atoms with van der Waals surface area (Å²) in [7, 11) is 0. The average molecular weight is 270 g/mol. The van der Waals surface area contributed by atoms with Crippen molar-refractivity contribution in [1.29, 1.82) is 0 Å². The van der Waals surface area contributed by atoms with Crippen molar-refractivity contribution >= 4 is 12.0 Å². The van der Waals surface area contributed by atoms with E-state index >= 15 is 0 Å². The number of carbonyl (C=O) groups is 2. The van der Waals surface area contributed by atoms with Gasteiger partial charge in [0.2, 0.25) is 0 Å². The molecule has 0 unspecified atom stereocenters. The molecule has 0 radical (unpaired) electrons. The van der Waals surface area contributed by atoms with Crippen LogP contribution in [0.15, 0.2) is 0 Å². The lowest BCUT2D eigenvalue weighted by Gasteiger charge is -2.22. The minimum Gasteiger partial charge on any atom is -0.481 e. The van der Waals surface area contributed by atoms with Gasteiger partial charge in [0.15, 0.2) is 0 Å². The van der Waals surface area contributed by atoms with Gasteiger partial charge in [0.25, 0.3) is 0 Å². The smallest absolute Gasteiger partial charge is 0.314 e. The lowest BCUT2D eigenvalue weighted by Crippen LogP contribution is -2.43. The molecule has 19 heavy (non-hydrogen) atoms. The summed E-state index contributed by atoms with van der Waals surface area (Å²) in [5, 5.41) is 14.3. The maximum Gasteiger partial charge on any atom is 0.314 e. The molecule has 0 aliphatic heterocycles. The van der Waals surface area contributed by atoms with Crippen LogP contribution in [0.5, 0.6) is 0 Å². The minimum absolute atomic E-state index is 0.137. The van der Waals surface area contributed by atoms with Gasteiger partial charge in [-0.3, -0.25) is 4.79 Å². The second kappa shape index (κ2) is 7.36. The van der Waals surface area contributed by atoms with Gasteiger partial charge in [-0.25, -0.2) is 4.79 Å². The topological polar surface area (TPSA) is 78.4 Å². The van der Waals surface area contributed by atoms with Gasteiger partial charge in [0, 0.05) is 13.1 Å². The van der Waals surface area contributed by atoms with E-state index < -0.39 is 11.4 Å². The van der Waals surface area contributed by atoms with Crippen LogP contribution >= 0.6 is 0 Å². The highest BCUT2D eigenvalue weighted by atomic mass is 16.4. The standard InChI is InChI=1S/C14H26N2O3/c1-14(2,12(17)18)10-16-13(19)15-9-8-11-6-4-3-5-7-11/h11H,3-10H2,1-2H3,(H,17,18)(H2,15,16,19). The van der Waals surface area contributed by atoms with E-state index in [1.165, 1.54) is 32.1 Å². The first-order valence-electron chi connectivity index (χ1n) is 7.17. The molecule has 0 aromatic heterocycles. The van der Waals surface area contributed by atoms with Gasteiger partial charge in [-0.15, -0.1) is 0 Å². The maximum atomic E-state index is 11.5. The largest absolute Gasteiger partial charge is 0.481 e. The SMILES string of the molecule is CC(C)(CNC(=O)NCCC1CCCCC1)C(=O)O. The molecule has 5 nitrogen and oxygen atoms in total. The highest BCUT2D eigenvalue weighted by Crippen LogP contribution is 2.25. The molecule has 0 atom stereocenters. The van der Waals surface area contributed by atoms with Crippen LogP contribution in [-0.4, -0.2) is 30.2 Å². The number of hydrogen-bond donors (Lipinski definition) is 3. The van der Waals surface area contributed by atoms with E-state index in [0.717, 1.165) is 12.3 Å². The average Bonchev–Trinajstić information content (AvgIpc) is 2.37. The van der Waals surface area contributed by atoms with Crippen molar-refractivity contribution in [2.24, 2.45) is 11.3 Å². The van der Waals surface area contributed by atoms with E-state index in [1.807, 2.05) is 0 Å². The summed E-state index contributed by atoms with van der Waals surface area (Å²) >= 11 is 0. The molecule has 1 rings (SSSR count). The third-order valence-electron chi connectivity index (χ3n) is 3.83. The lowest BCUT2D eigenvalue weighted by molar-refractivity contribution is -0.146. The van der Waals surface area contributed by atoms with Crippen molar-refractivity contribution < 1.29 is 14.7 Å². The van der Waals surface area contributed by atoms with E-state index in [-0.39, 0.29) is 12.6 Å². The molecule has 3 N–H and O–H groups in total. The Labute approximate surface area is 115 Å². The second-order valence-corrected chi connectivity index (χ2v) is 6.09. The maximum absolute atomic E-state index is 11.5. The van der Waals surface area contributed by atoms with Crippen molar-refractivity contribution in [3.63, 3.8) is 0 Å². The van der Waals surface area contributed by atoms with Crippen molar-refractivity contribution in [2.75, 3.05) is 13.1 Å². The molecular formula is C14H26N2O3. The number of aliphatic carboxylic acids is 1. The second-order valence-electron chi connectivity index (χ2n) is 6.09. The predicted molar refractivity (Wildman–Crippen MR) is 74.0 cm³/mol. The minimum atomic E-state index is -0.930. The normalized spacial score (nSPS) is 16.9. The number of nitrogens with one attached hydrogen (secondary N) is 2. The quantitative estimate of drug-likeness (QED) is 0.693. The Balaban J connectivity index is 2.12. The first-order chi connectivity index (χ1) is 8.92. The predicted octanol–water partition coefficient (Wildman–Crippen LogP) is 2.37. The summed E-state index contributed by atoms with van der Waals surface area (Å²) in [6.07, 6.45) is 7.53. The van der Waals surface area contributed by atoms with Crippen LogP contribution in [-0.2, 0) is 4.79 Å². The summed E-state index contributed by atoms with van der Waals surface area (Å²) < 4.78 is 0. The number of carbonyl (C=O) groups excluding carboxylic acids is 1. The third kappa shape index (κ3) is 5.94. The molecular weight excluding hydrogens is 244 g/mol. The van der Waals surface area contributed by atoms with E-state index in [2.05, 4.69) is 10.6 Å². The Morgan fingerprint density at radius 2 is 1.79 bits per heavy atom. The number of carboxylic acid groups (broad SMARTS) is 1. The van der Waals surface area contributed by atoms with E-state index in [9.17, 15) is 9.59 Å². The zero-order valence-electron chi connectivity index (χ0n) is 12.0. The fraction of sp³-hybridized carbons (Fsp3) is 0.857. The van der Waals surface area contributed by atoms with Gasteiger partial charge < -0.3 is 15.7 Å². The van der Waals surface area contributed by atoms with Crippen LogP contribution in [0.4, 0.5) is 4.79 Å². The molecule has 110 valence electrons. The number of hydrogen-bond acceptors (Lipinski definition) is 2. The summed E-state index contributed by atoms with van der Waals surface area (Å²) in [5.74, 6) is -0.167. The molecule has 0 aromatic carbocycles. The van der Waals surface area contributed by atoms with E-state index in [0.29, 0.717) is 6.54 Å².